The van der Waals surface area contributed by atoms with E-state index in [0.29, 0.717) is 11.8 Å². The summed E-state index contributed by atoms with van der Waals surface area (Å²) in [7, 11) is 0. The highest BCUT2D eigenvalue weighted by molar-refractivity contribution is 7.80. The molecule has 0 radical (unpaired) electrons. The van der Waals surface area contributed by atoms with Crippen molar-refractivity contribution in [2.75, 3.05) is 5.88 Å². The van der Waals surface area contributed by atoms with E-state index in [0.717, 1.165) is 0 Å². The number of carbonyl (C=O) groups is 1. The molecule has 0 aliphatic carbocycles. The Kier molecular flexibility index (Phi) is 4.73. The van der Waals surface area contributed by atoms with Crippen molar-refractivity contribution in [3.63, 3.8) is 0 Å². The van der Waals surface area contributed by atoms with Gasteiger partial charge in [-0.05, 0) is 12.8 Å². The van der Waals surface area contributed by atoms with Crippen molar-refractivity contribution in [3.05, 3.63) is 0 Å². The van der Waals surface area contributed by atoms with Gasteiger partial charge in [-0.1, -0.05) is 13.8 Å². The zero-order chi connectivity index (χ0) is 8.15. The highest BCUT2D eigenvalue weighted by Gasteiger charge is 2.15. The van der Waals surface area contributed by atoms with E-state index in [-0.39, 0.29) is 11.8 Å². The molecule has 10 heavy (non-hydrogen) atoms. The zero-order valence-corrected chi connectivity index (χ0v) is 7.61. The standard InChI is InChI=1S/C7H15NOS/c1-5(2)7(6(3)9)8-4-10/h5,7-8,10H,4H2,1-3H3/t7-/m0/s1. The fourth-order valence-electron chi connectivity index (χ4n) is 0.947. The largest absolute Gasteiger partial charge is 0.298 e. The normalized spacial score (nSPS) is 13.7. The van der Waals surface area contributed by atoms with Crippen molar-refractivity contribution >= 4 is 18.4 Å². The van der Waals surface area contributed by atoms with Crippen LogP contribution < -0.4 is 5.32 Å². The van der Waals surface area contributed by atoms with Crippen LogP contribution >= 0.6 is 12.6 Å². The molecule has 0 unspecified atom stereocenters. The van der Waals surface area contributed by atoms with Crippen LogP contribution in [0.1, 0.15) is 20.8 Å². The maximum Gasteiger partial charge on any atom is 0.146 e. The first kappa shape index (κ1) is 9.98. The van der Waals surface area contributed by atoms with Gasteiger partial charge in [0.25, 0.3) is 0 Å². The second kappa shape index (κ2) is 4.74. The Hall–Kier alpha value is -0.0200. The van der Waals surface area contributed by atoms with E-state index in [9.17, 15) is 4.79 Å². The summed E-state index contributed by atoms with van der Waals surface area (Å²) in [5.41, 5.74) is 0. The molecule has 0 aromatic rings. The quantitative estimate of drug-likeness (QED) is 0.477. The number of carbonyl (C=O) groups excluding carboxylic acids is 1. The van der Waals surface area contributed by atoms with Crippen LogP contribution in [-0.2, 0) is 4.79 Å². The Balaban J connectivity index is 3.85. The molecule has 0 saturated carbocycles. The highest BCUT2D eigenvalue weighted by Crippen LogP contribution is 2.01. The molecule has 0 rings (SSSR count). The third kappa shape index (κ3) is 3.22. The summed E-state index contributed by atoms with van der Waals surface area (Å²) in [6, 6.07) is -0.0301. The van der Waals surface area contributed by atoms with Gasteiger partial charge in [0.1, 0.15) is 5.78 Å². The summed E-state index contributed by atoms with van der Waals surface area (Å²) in [4.78, 5) is 10.9. The van der Waals surface area contributed by atoms with Crippen LogP contribution in [0.15, 0.2) is 0 Å². The number of Topliss-reactive ketones (excluding diaryl/α,β-unsaturated/α-hetero) is 1. The molecule has 0 amide bonds. The lowest BCUT2D eigenvalue weighted by Crippen LogP contribution is -2.38. The van der Waals surface area contributed by atoms with Gasteiger partial charge < -0.3 is 0 Å². The van der Waals surface area contributed by atoms with Crippen LogP contribution in [0.5, 0.6) is 0 Å². The van der Waals surface area contributed by atoms with Gasteiger partial charge in [-0.3, -0.25) is 10.1 Å². The number of ketones is 1. The van der Waals surface area contributed by atoms with Crippen LogP contribution in [0.2, 0.25) is 0 Å². The van der Waals surface area contributed by atoms with Gasteiger partial charge in [-0.25, -0.2) is 0 Å². The van der Waals surface area contributed by atoms with E-state index in [1.165, 1.54) is 0 Å². The predicted octanol–water partition coefficient (Wildman–Crippen LogP) is 1.08. The molecule has 1 N–H and O–H groups in total. The SMILES string of the molecule is CC(=O)[C@@H](NCS)C(C)C. The van der Waals surface area contributed by atoms with Crippen molar-refractivity contribution in [3.8, 4) is 0 Å². The Bertz CT molecular complexity index is 114. The lowest BCUT2D eigenvalue weighted by atomic mass is 10.0. The van der Waals surface area contributed by atoms with Crippen molar-refractivity contribution in [2.45, 2.75) is 26.8 Å². The van der Waals surface area contributed by atoms with Crippen LogP contribution in [0.3, 0.4) is 0 Å². The minimum absolute atomic E-state index is 0.0301. The van der Waals surface area contributed by atoms with E-state index in [1.54, 1.807) is 6.92 Å². The summed E-state index contributed by atoms with van der Waals surface area (Å²) >= 11 is 3.99. The van der Waals surface area contributed by atoms with Crippen LogP contribution in [0, 0.1) is 5.92 Å². The van der Waals surface area contributed by atoms with E-state index < -0.39 is 0 Å². The Labute approximate surface area is 67.8 Å². The lowest BCUT2D eigenvalue weighted by molar-refractivity contribution is -0.119. The molecule has 0 aromatic carbocycles. The Morgan fingerprint density at radius 3 is 2.20 bits per heavy atom. The maximum absolute atomic E-state index is 10.9. The molecule has 0 saturated heterocycles. The summed E-state index contributed by atoms with van der Waals surface area (Å²) in [6.45, 7) is 5.63. The van der Waals surface area contributed by atoms with Crippen molar-refractivity contribution in [2.24, 2.45) is 5.92 Å². The molecular weight excluding hydrogens is 146 g/mol. The number of hydrogen-bond acceptors (Lipinski definition) is 3. The Morgan fingerprint density at radius 2 is 2.10 bits per heavy atom. The molecular formula is C7H15NOS. The van der Waals surface area contributed by atoms with Gasteiger partial charge in [0, 0.05) is 5.88 Å². The minimum Gasteiger partial charge on any atom is -0.298 e. The third-order valence-corrected chi connectivity index (χ3v) is 1.60. The summed E-state index contributed by atoms with van der Waals surface area (Å²) in [6.07, 6.45) is 0. The first-order valence-electron chi connectivity index (χ1n) is 3.44. The van der Waals surface area contributed by atoms with Crippen molar-refractivity contribution in [1.82, 2.24) is 5.32 Å². The average Bonchev–Trinajstić information content (AvgIpc) is 1.81. The van der Waals surface area contributed by atoms with E-state index in [2.05, 4.69) is 17.9 Å². The summed E-state index contributed by atoms with van der Waals surface area (Å²) < 4.78 is 0. The second-order valence-electron chi connectivity index (χ2n) is 2.69. The topological polar surface area (TPSA) is 29.1 Å². The summed E-state index contributed by atoms with van der Waals surface area (Å²) in [5, 5.41) is 3.00. The van der Waals surface area contributed by atoms with Gasteiger partial charge in [-0.15, -0.1) is 0 Å². The number of nitrogens with one attached hydrogen (secondary N) is 1. The molecule has 2 nitrogen and oxygen atoms in total. The zero-order valence-electron chi connectivity index (χ0n) is 6.72. The molecule has 0 aliphatic rings. The average molecular weight is 161 g/mol. The van der Waals surface area contributed by atoms with Gasteiger partial charge in [-0.2, -0.15) is 12.6 Å². The van der Waals surface area contributed by atoms with Gasteiger partial charge in [0.15, 0.2) is 0 Å². The third-order valence-electron chi connectivity index (χ3n) is 1.42. The minimum atomic E-state index is -0.0301. The molecule has 0 spiro atoms. The molecule has 0 aromatic heterocycles. The van der Waals surface area contributed by atoms with E-state index in [1.807, 2.05) is 13.8 Å². The van der Waals surface area contributed by atoms with Crippen LogP contribution in [0.4, 0.5) is 0 Å². The van der Waals surface area contributed by atoms with E-state index in [4.69, 9.17) is 0 Å². The van der Waals surface area contributed by atoms with Crippen LogP contribution in [0.25, 0.3) is 0 Å². The molecule has 0 fully saturated rings. The molecule has 0 heterocycles. The fraction of sp³-hybridized carbons (Fsp3) is 0.857. The number of rotatable bonds is 4. The molecule has 3 heteroatoms. The molecule has 0 bridgehead atoms. The predicted molar refractivity (Wildman–Crippen MR) is 46.3 cm³/mol. The Morgan fingerprint density at radius 1 is 1.60 bits per heavy atom. The second-order valence-corrected chi connectivity index (χ2v) is 3.01. The number of hydrogen-bond donors (Lipinski definition) is 2. The fourth-order valence-corrected chi connectivity index (χ4v) is 1.14. The molecule has 0 aliphatic heterocycles. The van der Waals surface area contributed by atoms with Crippen molar-refractivity contribution < 1.29 is 4.79 Å². The molecule has 1 atom stereocenters. The molecule has 60 valence electrons. The first-order valence-corrected chi connectivity index (χ1v) is 4.07. The van der Waals surface area contributed by atoms with E-state index >= 15 is 0 Å². The monoisotopic (exact) mass is 161 g/mol. The van der Waals surface area contributed by atoms with Crippen LogP contribution in [-0.4, -0.2) is 17.7 Å². The lowest BCUT2D eigenvalue weighted by Gasteiger charge is -2.17. The van der Waals surface area contributed by atoms with Gasteiger partial charge in [0.05, 0.1) is 6.04 Å². The van der Waals surface area contributed by atoms with Crippen molar-refractivity contribution in [1.29, 1.82) is 0 Å². The summed E-state index contributed by atoms with van der Waals surface area (Å²) in [5.74, 6) is 1.09. The van der Waals surface area contributed by atoms with Gasteiger partial charge >= 0.3 is 0 Å². The maximum atomic E-state index is 10.9. The highest BCUT2D eigenvalue weighted by atomic mass is 32.1. The smallest absolute Gasteiger partial charge is 0.146 e. The number of thiol groups is 1. The van der Waals surface area contributed by atoms with Gasteiger partial charge in [0.2, 0.25) is 0 Å². The first-order chi connectivity index (χ1) is 4.59.